The minimum absolute atomic E-state index is 0.0164. The van der Waals surface area contributed by atoms with Gasteiger partial charge in [-0.05, 0) is 6.92 Å². The van der Waals surface area contributed by atoms with Gasteiger partial charge in [-0.15, -0.1) is 0 Å². The molecule has 1 aromatic carbocycles. The Morgan fingerprint density at radius 2 is 2.21 bits per heavy atom. The maximum Gasteiger partial charge on any atom is 0.275 e. The van der Waals surface area contributed by atoms with Gasteiger partial charge in [-0.25, -0.2) is 0 Å². The molecule has 0 amide bonds. The van der Waals surface area contributed by atoms with Gasteiger partial charge in [-0.2, -0.15) is 5.10 Å². The summed E-state index contributed by atoms with van der Waals surface area (Å²) < 4.78 is 7.14. The van der Waals surface area contributed by atoms with Crippen LogP contribution in [0.2, 0.25) is 0 Å². The molecule has 0 spiro atoms. The van der Waals surface area contributed by atoms with E-state index in [-0.39, 0.29) is 5.69 Å². The number of hydrogen-bond acceptors (Lipinski definition) is 5. The second-order valence-electron chi connectivity index (χ2n) is 3.95. The predicted molar refractivity (Wildman–Crippen MR) is 70.5 cm³/mol. The molecule has 0 aliphatic heterocycles. The van der Waals surface area contributed by atoms with Crippen molar-refractivity contribution < 1.29 is 9.66 Å². The highest BCUT2D eigenvalue weighted by Crippen LogP contribution is 2.29. The molecule has 100 valence electrons. The summed E-state index contributed by atoms with van der Waals surface area (Å²) in [5.74, 6) is 0.934. The minimum atomic E-state index is -0.447. The molecule has 2 rings (SSSR count). The fraction of sp³-hybridized carbons (Fsp3) is 0.250. The Morgan fingerprint density at radius 3 is 2.79 bits per heavy atom. The van der Waals surface area contributed by atoms with Crippen LogP contribution in [-0.4, -0.2) is 21.2 Å². The molecule has 0 saturated carbocycles. The molecule has 0 fully saturated rings. The minimum Gasteiger partial charge on any atom is -0.454 e. The van der Waals surface area contributed by atoms with Crippen LogP contribution in [0.5, 0.6) is 11.5 Å². The van der Waals surface area contributed by atoms with Gasteiger partial charge < -0.3 is 10.1 Å². The summed E-state index contributed by atoms with van der Waals surface area (Å²) in [4.78, 5) is 10.4. The lowest BCUT2D eigenvalue weighted by atomic mass is 10.2. The summed E-state index contributed by atoms with van der Waals surface area (Å²) in [5, 5.41) is 17.9. The molecular weight excluding hydrogens is 248 g/mol. The summed E-state index contributed by atoms with van der Waals surface area (Å²) in [6.07, 6.45) is 3.23. The molecular formula is C12H14N4O3. The number of nitrogens with one attached hydrogen (secondary N) is 1. The Balaban J connectivity index is 2.30. The lowest BCUT2D eigenvalue weighted by molar-refractivity contribution is -0.384. The Hall–Kier alpha value is -2.57. The van der Waals surface area contributed by atoms with Gasteiger partial charge in [0.05, 0.1) is 23.4 Å². The third-order valence-electron chi connectivity index (χ3n) is 2.40. The number of nitro benzene ring substituents is 1. The first-order valence-electron chi connectivity index (χ1n) is 5.78. The van der Waals surface area contributed by atoms with E-state index in [2.05, 4.69) is 10.4 Å². The van der Waals surface area contributed by atoms with E-state index in [0.29, 0.717) is 23.7 Å². The summed E-state index contributed by atoms with van der Waals surface area (Å²) >= 11 is 0. The van der Waals surface area contributed by atoms with Gasteiger partial charge in [0, 0.05) is 31.4 Å². The van der Waals surface area contributed by atoms with Crippen molar-refractivity contribution in [3.05, 3.63) is 40.7 Å². The fourth-order valence-corrected chi connectivity index (χ4v) is 1.64. The summed E-state index contributed by atoms with van der Waals surface area (Å²) in [6, 6.07) is 4.57. The van der Waals surface area contributed by atoms with E-state index in [4.69, 9.17) is 4.74 Å². The van der Waals surface area contributed by atoms with Gasteiger partial charge in [0.15, 0.2) is 5.75 Å². The molecule has 1 aromatic heterocycles. The van der Waals surface area contributed by atoms with Crippen LogP contribution in [0.1, 0.15) is 6.92 Å². The van der Waals surface area contributed by atoms with Crippen LogP contribution in [0.4, 0.5) is 11.4 Å². The number of rotatable bonds is 5. The van der Waals surface area contributed by atoms with Gasteiger partial charge in [0.2, 0.25) is 0 Å². The van der Waals surface area contributed by atoms with E-state index in [1.807, 2.05) is 6.92 Å². The predicted octanol–water partition coefficient (Wildman–Crippen LogP) is 2.55. The number of benzene rings is 1. The van der Waals surface area contributed by atoms with Crippen LogP contribution < -0.4 is 10.1 Å². The molecule has 0 bridgehead atoms. The van der Waals surface area contributed by atoms with Crippen LogP contribution in [0.15, 0.2) is 30.6 Å². The number of aromatic nitrogens is 2. The second-order valence-corrected chi connectivity index (χ2v) is 3.95. The third-order valence-corrected chi connectivity index (χ3v) is 2.40. The molecule has 0 aliphatic rings. The van der Waals surface area contributed by atoms with E-state index in [9.17, 15) is 10.1 Å². The molecule has 7 heteroatoms. The molecule has 0 aliphatic carbocycles. The van der Waals surface area contributed by atoms with E-state index in [0.717, 1.165) is 0 Å². The second kappa shape index (κ2) is 5.38. The lowest BCUT2D eigenvalue weighted by Crippen LogP contribution is -1.98. The SMILES string of the molecule is CCNc1cc(Oc2cnn(C)c2)cc([N+](=O)[O-])c1. The third kappa shape index (κ3) is 3.21. The van der Waals surface area contributed by atoms with Crippen LogP contribution in [-0.2, 0) is 7.05 Å². The van der Waals surface area contributed by atoms with Crippen molar-refractivity contribution >= 4 is 11.4 Å². The first-order valence-corrected chi connectivity index (χ1v) is 5.78. The fourth-order valence-electron chi connectivity index (χ4n) is 1.64. The standard InChI is InChI=1S/C12H14N4O3/c1-3-13-9-4-10(16(17)18)6-11(5-9)19-12-7-14-15(2)8-12/h4-8,13H,3H2,1-2H3. The summed E-state index contributed by atoms with van der Waals surface area (Å²) in [7, 11) is 1.77. The van der Waals surface area contributed by atoms with Gasteiger partial charge in [-0.1, -0.05) is 0 Å². The summed E-state index contributed by atoms with van der Waals surface area (Å²) in [5.41, 5.74) is 0.632. The average molecular weight is 262 g/mol. The molecule has 1 heterocycles. The first-order chi connectivity index (χ1) is 9.08. The van der Waals surface area contributed by atoms with Gasteiger partial charge in [0.1, 0.15) is 5.75 Å². The number of aryl methyl sites for hydroxylation is 1. The van der Waals surface area contributed by atoms with Crippen molar-refractivity contribution in [3.8, 4) is 11.5 Å². The number of non-ortho nitro benzene ring substituents is 1. The quantitative estimate of drug-likeness (QED) is 0.661. The van der Waals surface area contributed by atoms with Gasteiger partial charge in [0.25, 0.3) is 5.69 Å². The van der Waals surface area contributed by atoms with Gasteiger partial charge >= 0.3 is 0 Å². The van der Waals surface area contributed by atoms with Crippen LogP contribution >= 0.6 is 0 Å². The monoisotopic (exact) mass is 262 g/mol. The molecule has 0 saturated heterocycles. The highest BCUT2D eigenvalue weighted by Gasteiger charge is 2.11. The molecule has 2 aromatic rings. The number of nitrogens with zero attached hydrogens (tertiary/aromatic N) is 3. The molecule has 19 heavy (non-hydrogen) atoms. The average Bonchev–Trinajstić information content (AvgIpc) is 2.75. The Labute approximate surface area is 110 Å². The lowest BCUT2D eigenvalue weighted by Gasteiger charge is -2.07. The molecule has 0 radical (unpaired) electrons. The van der Waals surface area contributed by atoms with E-state index >= 15 is 0 Å². The molecule has 1 N–H and O–H groups in total. The highest BCUT2D eigenvalue weighted by molar-refractivity contribution is 5.56. The molecule has 0 atom stereocenters. The van der Waals surface area contributed by atoms with Crippen molar-refractivity contribution in [1.29, 1.82) is 0 Å². The summed E-state index contributed by atoms with van der Waals surface area (Å²) in [6.45, 7) is 2.59. The van der Waals surface area contributed by atoms with Crippen molar-refractivity contribution in [2.24, 2.45) is 7.05 Å². The van der Waals surface area contributed by atoms with Crippen molar-refractivity contribution in [2.45, 2.75) is 6.92 Å². The Morgan fingerprint density at radius 1 is 1.42 bits per heavy atom. The van der Waals surface area contributed by atoms with E-state index < -0.39 is 4.92 Å². The number of nitro groups is 1. The van der Waals surface area contributed by atoms with Crippen LogP contribution in [0.25, 0.3) is 0 Å². The van der Waals surface area contributed by atoms with Crippen molar-refractivity contribution in [3.63, 3.8) is 0 Å². The highest BCUT2D eigenvalue weighted by atomic mass is 16.6. The van der Waals surface area contributed by atoms with E-state index in [1.54, 1.807) is 30.2 Å². The zero-order valence-electron chi connectivity index (χ0n) is 10.7. The van der Waals surface area contributed by atoms with E-state index in [1.165, 1.54) is 12.1 Å². The maximum atomic E-state index is 10.9. The normalized spacial score (nSPS) is 10.2. The smallest absolute Gasteiger partial charge is 0.275 e. The first kappa shape index (κ1) is 12.9. The van der Waals surface area contributed by atoms with Crippen LogP contribution in [0.3, 0.4) is 0 Å². The number of ether oxygens (including phenoxy) is 1. The number of anilines is 1. The number of hydrogen-bond donors (Lipinski definition) is 1. The zero-order valence-corrected chi connectivity index (χ0v) is 10.7. The Bertz CT molecular complexity index is 594. The van der Waals surface area contributed by atoms with Gasteiger partial charge in [-0.3, -0.25) is 14.8 Å². The van der Waals surface area contributed by atoms with Crippen molar-refractivity contribution in [1.82, 2.24) is 9.78 Å². The maximum absolute atomic E-state index is 10.9. The largest absolute Gasteiger partial charge is 0.454 e. The topological polar surface area (TPSA) is 82.2 Å². The van der Waals surface area contributed by atoms with Crippen molar-refractivity contribution in [2.75, 3.05) is 11.9 Å². The molecule has 7 nitrogen and oxygen atoms in total. The zero-order chi connectivity index (χ0) is 13.8. The Kier molecular flexibility index (Phi) is 3.65. The van der Waals surface area contributed by atoms with Crippen LogP contribution in [0, 0.1) is 10.1 Å². The molecule has 0 unspecified atom stereocenters.